The topological polar surface area (TPSA) is 26.3 Å². The third-order valence-corrected chi connectivity index (χ3v) is 2.43. The summed E-state index contributed by atoms with van der Waals surface area (Å²) < 4.78 is 5.33. The van der Waals surface area contributed by atoms with E-state index in [9.17, 15) is 4.79 Å². The van der Waals surface area contributed by atoms with Crippen LogP contribution >= 0.6 is 0 Å². The number of carbonyl (C=O) groups is 1. The second kappa shape index (κ2) is 6.09. The Balaban J connectivity index is 2.76. The van der Waals surface area contributed by atoms with Gasteiger partial charge >= 0.3 is 0 Å². The molecule has 0 aliphatic carbocycles. The van der Waals surface area contributed by atoms with Crippen LogP contribution in [0.25, 0.3) is 0 Å². The van der Waals surface area contributed by atoms with Gasteiger partial charge in [-0.1, -0.05) is 30.0 Å². The van der Waals surface area contributed by atoms with E-state index in [0.717, 1.165) is 11.8 Å². The fraction of sp³-hybridized carbons (Fsp3) is 0.357. The first-order valence-electron chi connectivity index (χ1n) is 5.27. The predicted octanol–water partition coefficient (Wildman–Crippen LogP) is 2.42. The van der Waals surface area contributed by atoms with Crippen molar-refractivity contribution in [2.24, 2.45) is 0 Å². The molecule has 0 aliphatic heterocycles. The standard InChI is InChI=1S/C14H16O2/c1-14(16-2,10-6-12-15)11-9-13-7-4-3-5-8-13/h3-5,7-8,12H,6,10H2,1-2H3. The van der Waals surface area contributed by atoms with Crippen LogP contribution in [-0.4, -0.2) is 19.0 Å². The molecule has 0 spiro atoms. The SMILES string of the molecule is COC(C)(C#Cc1ccccc1)CCC=O. The van der Waals surface area contributed by atoms with E-state index in [2.05, 4.69) is 11.8 Å². The third kappa shape index (κ3) is 3.88. The lowest BCUT2D eigenvalue weighted by atomic mass is 10.0. The molecule has 1 unspecified atom stereocenters. The first-order valence-corrected chi connectivity index (χ1v) is 5.27. The van der Waals surface area contributed by atoms with Crippen LogP contribution in [0.1, 0.15) is 25.3 Å². The highest BCUT2D eigenvalue weighted by Gasteiger charge is 2.19. The lowest BCUT2D eigenvalue weighted by Crippen LogP contribution is -2.25. The fourth-order valence-corrected chi connectivity index (χ4v) is 1.28. The summed E-state index contributed by atoms with van der Waals surface area (Å²) in [5.74, 6) is 6.12. The maximum Gasteiger partial charge on any atom is 0.126 e. The van der Waals surface area contributed by atoms with E-state index in [1.807, 2.05) is 37.3 Å². The Kier molecular flexibility index (Phi) is 4.75. The van der Waals surface area contributed by atoms with Crippen LogP contribution in [0.4, 0.5) is 0 Å². The first kappa shape index (κ1) is 12.5. The average molecular weight is 216 g/mol. The van der Waals surface area contributed by atoms with Crippen molar-refractivity contribution in [3.63, 3.8) is 0 Å². The molecule has 0 aliphatic rings. The highest BCUT2D eigenvalue weighted by Crippen LogP contribution is 2.14. The molecular formula is C14H16O2. The number of benzene rings is 1. The molecule has 0 bridgehead atoms. The van der Waals surface area contributed by atoms with Crippen molar-refractivity contribution in [1.82, 2.24) is 0 Å². The summed E-state index contributed by atoms with van der Waals surface area (Å²) in [5, 5.41) is 0. The van der Waals surface area contributed by atoms with Gasteiger partial charge in [0.25, 0.3) is 0 Å². The highest BCUT2D eigenvalue weighted by atomic mass is 16.5. The van der Waals surface area contributed by atoms with E-state index in [0.29, 0.717) is 12.8 Å². The average Bonchev–Trinajstić information content (AvgIpc) is 2.35. The first-order chi connectivity index (χ1) is 7.70. The Bertz CT molecular complexity index is 386. The van der Waals surface area contributed by atoms with Gasteiger partial charge in [0, 0.05) is 19.1 Å². The lowest BCUT2D eigenvalue weighted by Gasteiger charge is -2.20. The van der Waals surface area contributed by atoms with Gasteiger partial charge in [0.1, 0.15) is 11.9 Å². The summed E-state index contributed by atoms with van der Waals surface area (Å²) in [7, 11) is 1.62. The van der Waals surface area contributed by atoms with Gasteiger partial charge in [-0.25, -0.2) is 0 Å². The second-order valence-corrected chi connectivity index (χ2v) is 3.76. The van der Waals surface area contributed by atoms with Crippen LogP contribution in [0.15, 0.2) is 30.3 Å². The molecule has 0 saturated heterocycles. The van der Waals surface area contributed by atoms with Gasteiger partial charge in [-0.05, 0) is 25.5 Å². The van der Waals surface area contributed by atoms with Gasteiger partial charge in [-0.2, -0.15) is 0 Å². The van der Waals surface area contributed by atoms with Gasteiger partial charge in [0.05, 0.1) is 0 Å². The van der Waals surface area contributed by atoms with Crippen molar-refractivity contribution in [3.8, 4) is 11.8 Å². The molecule has 1 rings (SSSR count). The predicted molar refractivity (Wildman–Crippen MR) is 64.0 cm³/mol. The third-order valence-electron chi connectivity index (χ3n) is 2.43. The van der Waals surface area contributed by atoms with Crippen LogP contribution in [0.5, 0.6) is 0 Å². The van der Waals surface area contributed by atoms with E-state index >= 15 is 0 Å². The summed E-state index contributed by atoms with van der Waals surface area (Å²) >= 11 is 0. The number of methoxy groups -OCH3 is 1. The molecule has 16 heavy (non-hydrogen) atoms. The molecule has 2 heteroatoms. The molecule has 84 valence electrons. The van der Waals surface area contributed by atoms with E-state index in [1.165, 1.54) is 0 Å². The molecule has 0 aromatic heterocycles. The Morgan fingerprint density at radius 1 is 1.38 bits per heavy atom. The molecule has 0 amide bonds. The normalized spacial score (nSPS) is 13.4. The van der Waals surface area contributed by atoms with E-state index in [1.54, 1.807) is 7.11 Å². The minimum atomic E-state index is -0.545. The van der Waals surface area contributed by atoms with Crippen LogP contribution in [0.3, 0.4) is 0 Å². The maximum atomic E-state index is 10.3. The summed E-state index contributed by atoms with van der Waals surface area (Å²) in [4.78, 5) is 10.3. The molecule has 0 radical (unpaired) electrons. The maximum absolute atomic E-state index is 10.3. The minimum absolute atomic E-state index is 0.466. The minimum Gasteiger partial charge on any atom is -0.366 e. The summed E-state index contributed by atoms with van der Waals surface area (Å²) in [6.07, 6.45) is 1.97. The molecule has 0 N–H and O–H groups in total. The Morgan fingerprint density at radius 2 is 2.06 bits per heavy atom. The van der Waals surface area contributed by atoms with Crippen LogP contribution in [0.2, 0.25) is 0 Å². The largest absolute Gasteiger partial charge is 0.366 e. The molecule has 0 saturated carbocycles. The molecule has 0 heterocycles. The van der Waals surface area contributed by atoms with Crippen molar-refractivity contribution in [2.75, 3.05) is 7.11 Å². The number of ether oxygens (including phenoxy) is 1. The fourth-order valence-electron chi connectivity index (χ4n) is 1.28. The molecular weight excluding hydrogens is 200 g/mol. The Labute approximate surface area is 96.6 Å². The van der Waals surface area contributed by atoms with Crippen molar-refractivity contribution in [2.45, 2.75) is 25.4 Å². The van der Waals surface area contributed by atoms with Crippen LogP contribution in [0, 0.1) is 11.8 Å². The zero-order valence-electron chi connectivity index (χ0n) is 9.69. The number of hydrogen-bond acceptors (Lipinski definition) is 2. The highest BCUT2D eigenvalue weighted by molar-refractivity contribution is 5.49. The van der Waals surface area contributed by atoms with Crippen LogP contribution in [-0.2, 0) is 9.53 Å². The van der Waals surface area contributed by atoms with Crippen molar-refractivity contribution in [1.29, 1.82) is 0 Å². The number of hydrogen-bond donors (Lipinski definition) is 0. The van der Waals surface area contributed by atoms with E-state index < -0.39 is 5.60 Å². The zero-order valence-corrected chi connectivity index (χ0v) is 9.69. The molecule has 1 aromatic rings. The molecule has 2 nitrogen and oxygen atoms in total. The number of carbonyl (C=O) groups excluding carboxylic acids is 1. The zero-order chi connectivity index (χ0) is 11.9. The molecule has 1 atom stereocenters. The van der Waals surface area contributed by atoms with Gasteiger partial charge in [-0.15, -0.1) is 0 Å². The quantitative estimate of drug-likeness (QED) is 0.570. The van der Waals surface area contributed by atoms with Crippen molar-refractivity contribution < 1.29 is 9.53 Å². The summed E-state index contributed by atoms with van der Waals surface area (Å²) in [6.45, 7) is 1.90. The van der Waals surface area contributed by atoms with Gasteiger partial charge in [0.15, 0.2) is 0 Å². The van der Waals surface area contributed by atoms with Gasteiger partial charge < -0.3 is 9.53 Å². The van der Waals surface area contributed by atoms with E-state index in [4.69, 9.17) is 4.74 Å². The number of rotatable bonds is 4. The van der Waals surface area contributed by atoms with Crippen LogP contribution < -0.4 is 0 Å². The summed E-state index contributed by atoms with van der Waals surface area (Å²) in [5.41, 5.74) is 0.411. The Morgan fingerprint density at radius 3 is 2.62 bits per heavy atom. The Hall–Kier alpha value is -1.59. The van der Waals surface area contributed by atoms with Crippen molar-refractivity contribution >= 4 is 6.29 Å². The molecule has 0 fully saturated rings. The second-order valence-electron chi connectivity index (χ2n) is 3.76. The van der Waals surface area contributed by atoms with E-state index in [-0.39, 0.29) is 0 Å². The van der Waals surface area contributed by atoms with Gasteiger partial charge in [0.2, 0.25) is 0 Å². The number of aldehydes is 1. The summed E-state index contributed by atoms with van der Waals surface area (Å²) in [6, 6.07) is 9.73. The lowest BCUT2D eigenvalue weighted by molar-refractivity contribution is -0.108. The van der Waals surface area contributed by atoms with Gasteiger partial charge in [-0.3, -0.25) is 0 Å². The molecule has 1 aromatic carbocycles. The van der Waals surface area contributed by atoms with Crippen molar-refractivity contribution in [3.05, 3.63) is 35.9 Å². The smallest absolute Gasteiger partial charge is 0.126 e. The monoisotopic (exact) mass is 216 g/mol.